The molecule has 2 N–H and O–H groups in total. The molecule has 0 atom stereocenters. The van der Waals surface area contributed by atoms with Crippen molar-refractivity contribution in [1.82, 2.24) is 0 Å². The molecule has 3 heteroatoms. The Morgan fingerprint density at radius 3 is 2.67 bits per heavy atom. The van der Waals surface area contributed by atoms with Crippen LogP contribution < -0.4 is 4.40 Å². The zero-order chi connectivity index (χ0) is 8.55. The van der Waals surface area contributed by atoms with E-state index in [1.807, 2.05) is 6.07 Å². The summed E-state index contributed by atoms with van der Waals surface area (Å²) in [5.74, 6) is -0.181. The van der Waals surface area contributed by atoms with Crippen molar-refractivity contribution in [2.45, 2.75) is 0 Å². The molecule has 2 aromatic rings. The van der Waals surface area contributed by atoms with E-state index in [4.69, 9.17) is 5.11 Å². The fourth-order valence-electron chi connectivity index (χ4n) is 1.15. The highest BCUT2D eigenvalue weighted by Crippen LogP contribution is 2.25. The molecule has 0 radical (unpaired) electrons. The Morgan fingerprint density at radius 1 is 1.00 bits per heavy atom. The highest BCUT2D eigenvalue weighted by molar-refractivity contribution is 5.58. The summed E-state index contributed by atoms with van der Waals surface area (Å²) in [5, 5.41) is 18.5. The maximum Gasteiger partial charge on any atom is 0.256 e. The maximum absolute atomic E-state index is 9.39. The lowest BCUT2D eigenvalue weighted by Gasteiger charge is -1.95. The second kappa shape index (κ2) is 2.37. The molecule has 60 valence electrons. The zero-order valence-corrected chi connectivity index (χ0v) is 6.31. The van der Waals surface area contributed by atoms with Gasteiger partial charge in [-0.15, -0.1) is 0 Å². The Kier molecular flexibility index (Phi) is 1.37. The average Bonchev–Trinajstić information content (AvgIpc) is 2.12. The van der Waals surface area contributed by atoms with E-state index in [9.17, 15) is 5.11 Å². The molecule has 0 unspecified atom stereocenters. The number of aromatic nitrogens is 1. The molecule has 0 saturated carbocycles. The zero-order valence-electron chi connectivity index (χ0n) is 6.31. The molecule has 0 fully saturated rings. The minimum absolute atomic E-state index is 0.0851. The summed E-state index contributed by atoms with van der Waals surface area (Å²) in [7, 11) is 0. The molecule has 0 aliphatic heterocycles. The fraction of sp³-hybridized carbons (Fsp3) is 0. The fourth-order valence-corrected chi connectivity index (χ4v) is 1.15. The molecule has 0 aromatic carbocycles. The van der Waals surface area contributed by atoms with Crippen LogP contribution in [0, 0.1) is 0 Å². The van der Waals surface area contributed by atoms with Crippen LogP contribution in [-0.2, 0) is 0 Å². The van der Waals surface area contributed by atoms with E-state index in [-0.39, 0.29) is 11.5 Å². The van der Waals surface area contributed by atoms with Gasteiger partial charge in [-0.05, 0) is 6.07 Å². The number of fused-ring (bicyclic) bond motifs is 1. The number of rotatable bonds is 0. The normalized spacial score (nSPS) is 10.3. The van der Waals surface area contributed by atoms with Crippen molar-refractivity contribution in [3.8, 4) is 11.5 Å². The number of nitrogens with zero attached hydrogens (tertiary/aromatic N) is 1. The predicted molar refractivity (Wildman–Crippen MR) is 42.9 cm³/mol. The highest BCUT2D eigenvalue weighted by atomic mass is 16.3. The largest absolute Gasteiger partial charge is 0.504 e. The summed E-state index contributed by atoms with van der Waals surface area (Å²) in [6.45, 7) is 0. The number of aromatic hydroxyl groups is 2. The van der Waals surface area contributed by atoms with Crippen LogP contribution in [0.5, 0.6) is 11.5 Å². The van der Waals surface area contributed by atoms with Gasteiger partial charge in [-0.3, -0.25) is 0 Å². The van der Waals surface area contributed by atoms with Gasteiger partial charge in [-0.25, -0.2) is 0 Å². The predicted octanol–water partition coefficient (Wildman–Crippen LogP) is 0.836. The maximum atomic E-state index is 9.39. The van der Waals surface area contributed by atoms with Gasteiger partial charge in [0.25, 0.3) is 5.52 Å². The summed E-state index contributed by atoms with van der Waals surface area (Å²) in [6.07, 6.45) is 3.48. The summed E-state index contributed by atoms with van der Waals surface area (Å²) in [4.78, 5) is 0. The third kappa shape index (κ3) is 0.871. The van der Waals surface area contributed by atoms with Gasteiger partial charge in [-0.2, -0.15) is 4.40 Å². The minimum Gasteiger partial charge on any atom is -0.504 e. The first-order valence-corrected chi connectivity index (χ1v) is 3.60. The van der Waals surface area contributed by atoms with Crippen LogP contribution in [0.1, 0.15) is 0 Å². The van der Waals surface area contributed by atoms with Gasteiger partial charge < -0.3 is 10.2 Å². The summed E-state index contributed by atoms with van der Waals surface area (Å²) in [6, 6.07) is 6.83. The lowest BCUT2D eigenvalue weighted by atomic mass is 10.3. The standard InChI is InChI=1S/C9H7NO2/c11-8-4-6-10-5-2-1-3-7(10)9(8)12/h1-6,12H/p+1. The SMILES string of the molecule is Oc1cc[n+]2ccccc2c1O. The van der Waals surface area contributed by atoms with Crippen molar-refractivity contribution in [3.05, 3.63) is 36.7 Å². The first-order valence-electron chi connectivity index (χ1n) is 3.60. The molecule has 2 heterocycles. The molecule has 0 saturated heterocycles. The number of pyridine rings is 2. The molecular formula is C9H8NO2+. The number of hydrogen-bond donors (Lipinski definition) is 2. The van der Waals surface area contributed by atoms with Crippen molar-refractivity contribution < 1.29 is 14.6 Å². The third-order valence-electron chi connectivity index (χ3n) is 1.77. The molecule has 0 aliphatic carbocycles. The van der Waals surface area contributed by atoms with Crippen molar-refractivity contribution in [2.75, 3.05) is 0 Å². The van der Waals surface area contributed by atoms with Crippen LogP contribution in [0.15, 0.2) is 36.7 Å². The highest BCUT2D eigenvalue weighted by Gasteiger charge is 2.10. The molecule has 0 aliphatic rings. The second-order valence-corrected chi connectivity index (χ2v) is 2.54. The topological polar surface area (TPSA) is 44.6 Å². The van der Waals surface area contributed by atoms with E-state index >= 15 is 0 Å². The average molecular weight is 162 g/mol. The van der Waals surface area contributed by atoms with Crippen LogP contribution in [0.25, 0.3) is 5.52 Å². The van der Waals surface area contributed by atoms with Crippen LogP contribution in [0.4, 0.5) is 0 Å². The van der Waals surface area contributed by atoms with E-state index in [2.05, 4.69) is 0 Å². The first kappa shape index (κ1) is 6.91. The molecule has 0 amide bonds. The Balaban J connectivity index is 2.91. The first-order chi connectivity index (χ1) is 5.79. The summed E-state index contributed by atoms with van der Waals surface area (Å²) < 4.78 is 1.73. The minimum atomic E-state index is -0.0961. The van der Waals surface area contributed by atoms with Gasteiger partial charge in [0.05, 0.1) is 0 Å². The quantitative estimate of drug-likeness (QED) is 0.564. The molecule has 2 rings (SSSR count). The van der Waals surface area contributed by atoms with Crippen molar-refractivity contribution in [3.63, 3.8) is 0 Å². The summed E-state index contributed by atoms with van der Waals surface area (Å²) in [5.41, 5.74) is 0.595. The van der Waals surface area contributed by atoms with Crippen LogP contribution in [0.3, 0.4) is 0 Å². The van der Waals surface area contributed by atoms with E-state index in [1.165, 1.54) is 6.07 Å². The smallest absolute Gasteiger partial charge is 0.256 e. The van der Waals surface area contributed by atoms with Crippen molar-refractivity contribution in [1.29, 1.82) is 0 Å². The lowest BCUT2D eigenvalue weighted by molar-refractivity contribution is -0.512. The van der Waals surface area contributed by atoms with Gasteiger partial charge in [0, 0.05) is 18.2 Å². The van der Waals surface area contributed by atoms with E-state index in [0.717, 1.165) is 0 Å². The third-order valence-corrected chi connectivity index (χ3v) is 1.77. The molecular weight excluding hydrogens is 154 g/mol. The molecule has 0 spiro atoms. The molecule has 3 nitrogen and oxygen atoms in total. The van der Waals surface area contributed by atoms with Gasteiger partial charge >= 0.3 is 0 Å². The van der Waals surface area contributed by atoms with Crippen LogP contribution in [-0.4, -0.2) is 10.2 Å². The summed E-state index contributed by atoms with van der Waals surface area (Å²) >= 11 is 0. The number of hydrogen-bond acceptors (Lipinski definition) is 2. The molecule has 0 bridgehead atoms. The Morgan fingerprint density at radius 2 is 1.83 bits per heavy atom. The lowest BCUT2D eigenvalue weighted by Crippen LogP contribution is -2.19. The van der Waals surface area contributed by atoms with Crippen molar-refractivity contribution in [2.24, 2.45) is 0 Å². The Labute approximate surface area is 69.1 Å². The monoisotopic (exact) mass is 162 g/mol. The Hall–Kier alpha value is -1.77. The van der Waals surface area contributed by atoms with E-state index < -0.39 is 0 Å². The van der Waals surface area contributed by atoms with Crippen LogP contribution >= 0.6 is 0 Å². The molecule has 2 aromatic heterocycles. The second-order valence-electron chi connectivity index (χ2n) is 2.54. The van der Waals surface area contributed by atoms with E-state index in [1.54, 1.807) is 28.9 Å². The molecule has 12 heavy (non-hydrogen) atoms. The van der Waals surface area contributed by atoms with Crippen LogP contribution in [0.2, 0.25) is 0 Å². The van der Waals surface area contributed by atoms with Gasteiger partial charge in [0.2, 0.25) is 5.75 Å². The van der Waals surface area contributed by atoms with E-state index in [0.29, 0.717) is 5.52 Å². The van der Waals surface area contributed by atoms with Crippen molar-refractivity contribution >= 4 is 5.52 Å². The van der Waals surface area contributed by atoms with Gasteiger partial charge in [0.1, 0.15) is 0 Å². The van der Waals surface area contributed by atoms with Gasteiger partial charge in [-0.1, -0.05) is 0 Å². The Bertz CT molecular complexity index is 426. The van der Waals surface area contributed by atoms with Gasteiger partial charge in [0.15, 0.2) is 18.1 Å².